The van der Waals surface area contributed by atoms with Crippen molar-refractivity contribution in [3.05, 3.63) is 59.4 Å². The van der Waals surface area contributed by atoms with Crippen LogP contribution in [0.25, 0.3) is 0 Å². The molecule has 0 amide bonds. The van der Waals surface area contributed by atoms with Crippen molar-refractivity contribution in [2.24, 2.45) is 0 Å². The summed E-state index contributed by atoms with van der Waals surface area (Å²) < 4.78 is 0. The van der Waals surface area contributed by atoms with E-state index in [4.69, 9.17) is 0 Å². The van der Waals surface area contributed by atoms with E-state index in [0.29, 0.717) is 0 Å². The molecule has 0 atom stereocenters. The Morgan fingerprint density at radius 1 is 0.633 bits per heavy atom. The predicted molar refractivity (Wildman–Crippen MR) is 139 cm³/mol. The molecule has 174 valence electrons. The molecule has 0 saturated heterocycles. The molecule has 0 radical (unpaired) electrons. The van der Waals surface area contributed by atoms with Crippen LogP contribution in [-0.2, 0) is 23.3 Å². The van der Waals surface area contributed by atoms with Gasteiger partial charge in [0.15, 0.2) is 0 Å². The molecule has 0 heterocycles. The first-order chi connectivity index (χ1) is 13.6. The van der Waals surface area contributed by atoms with Gasteiger partial charge in [-0.05, 0) is 0 Å². The second kappa shape index (κ2) is 25.9. The van der Waals surface area contributed by atoms with Gasteiger partial charge in [0.05, 0.1) is 0 Å². The van der Waals surface area contributed by atoms with Gasteiger partial charge in [-0.3, -0.25) is 12.2 Å². The summed E-state index contributed by atoms with van der Waals surface area (Å²) in [5, 5.41) is 0. The Kier molecular flexibility index (Phi) is 30.4. The SMILES string of the molecule is CC1=C(C)C[C-]=C1.CC1=C(C)C[C-]=C1.Cl.Cl.[CH-]1CCCCC1.[CH-]1CCCCC1.[SiH2]=[Zr]. The van der Waals surface area contributed by atoms with Gasteiger partial charge in [-0.1, -0.05) is 52.4 Å². The summed E-state index contributed by atoms with van der Waals surface area (Å²) in [6.45, 7) is 10.5. The third kappa shape index (κ3) is 20.5. The van der Waals surface area contributed by atoms with Crippen molar-refractivity contribution in [1.29, 1.82) is 0 Å². The molecule has 0 N–H and O–H groups in total. The van der Waals surface area contributed by atoms with Gasteiger partial charge in [-0.2, -0.15) is 36.8 Å². The molecule has 30 heavy (non-hydrogen) atoms. The van der Waals surface area contributed by atoms with E-state index in [1.807, 2.05) is 6.88 Å². The number of rotatable bonds is 0. The normalized spacial score (nSPS) is 18.6. The Balaban J connectivity index is -0.000000309. The molecule has 4 rings (SSSR count). The van der Waals surface area contributed by atoms with Crippen LogP contribution in [0.1, 0.15) is 105 Å². The molecule has 0 aliphatic heterocycles. The molecular formula is C26H44Cl2SiZr-4. The fourth-order valence-corrected chi connectivity index (χ4v) is 3.04. The Labute approximate surface area is 217 Å². The van der Waals surface area contributed by atoms with E-state index in [-0.39, 0.29) is 24.8 Å². The van der Waals surface area contributed by atoms with Gasteiger partial charge in [0.25, 0.3) is 0 Å². The minimum atomic E-state index is 0. The van der Waals surface area contributed by atoms with Crippen LogP contribution in [-0.4, -0.2) is 6.88 Å². The summed E-state index contributed by atoms with van der Waals surface area (Å²) in [5.74, 6) is 0. The molecule has 0 spiro atoms. The molecule has 4 aliphatic rings. The molecule has 4 aliphatic carbocycles. The van der Waals surface area contributed by atoms with Gasteiger partial charge in [0.1, 0.15) is 0 Å². The van der Waals surface area contributed by atoms with Crippen molar-refractivity contribution in [2.45, 2.75) is 105 Å². The number of hydrogen-bond acceptors (Lipinski definition) is 0. The first kappa shape index (κ1) is 35.2. The molecular weight excluding hydrogens is 503 g/mol. The van der Waals surface area contributed by atoms with Gasteiger partial charge in [-0.15, -0.1) is 51.5 Å². The van der Waals surface area contributed by atoms with Crippen LogP contribution in [0.2, 0.25) is 0 Å². The molecule has 0 bridgehead atoms. The molecule has 0 aromatic rings. The minimum absolute atomic E-state index is 0. The van der Waals surface area contributed by atoms with E-state index in [0.717, 1.165) is 12.8 Å². The fraction of sp³-hybridized carbons (Fsp3) is 0.615. The third-order valence-electron chi connectivity index (χ3n) is 5.35. The Morgan fingerprint density at radius 3 is 1.00 bits per heavy atom. The Morgan fingerprint density at radius 2 is 0.933 bits per heavy atom. The first-order valence-electron chi connectivity index (χ1n) is 11.1. The van der Waals surface area contributed by atoms with Crippen molar-refractivity contribution >= 4 is 31.7 Å². The number of allylic oxidation sites excluding steroid dienone is 8. The molecule has 0 aromatic carbocycles. The Hall–Kier alpha value is 0.640. The summed E-state index contributed by atoms with van der Waals surface area (Å²) in [4.78, 5) is 0. The zero-order valence-corrected chi connectivity index (χ0v) is 25.3. The van der Waals surface area contributed by atoms with Crippen LogP contribution in [0.4, 0.5) is 0 Å². The topological polar surface area (TPSA) is 0 Å². The Bertz CT molecular complexity index is 444. The molecule has 2 fully saturated rings. The van der Waals surface area contributed by atoms with Crippen molar-refractivity contribution in [3.63, 3.8) is 0 Å². The summed E-state index contributed by atoms with van der Waals surface area (Å²) in [6.07, 6.45) is 31.4. The summed E-state index contributed by atoms with van der Waals surface area (Å²) in [7, 11) is 0. The maximum absolute atomic E-state index is 3.12. The summed E-state index contributed by atoms with van der Waals surface area (Å²) in [6, 6.07) is 0. The predicted octanol–water partition coefficient (Wildman–Crippen LogP) is 8.41. The summed E-state index contributed by atoms with van der Waals surface area (Å²) >= 11 is 1.58. The van der Waals surface area contributed by atoms with E-state index in [9.17, 15) is 0 Å². The maximum atomic E-state index is 3.12. The van der Waals surface area contributed by atoms with Crippen LogP contribution in [0, 0.1) is 25.0 Å². The van der Waals surface area contributed by atoms with Crippen molar-refractivity contribution < 1.29 is 23.3 Å². The van der Waals surface area contributed by atoms with Gasteiger partial charge < -0.3 is 12.8 Å². The van der Waals surface area contributed by atoms with E-state index >= 15 is 0 Å². The molecule has 0 unspecified atom stereocenters. The van der Waals surface area contributed by atoms with Crippen LogP contribution in [0.5, 0.6) is 0 Å². The average molecular weight is 547 g/mol. The van der Waals surface area contributed by atoms with Crippen molar-refractivity contribution in [2.75, 3.05) is 0 Å². The van der Waals surface area contributed by atoms with Gasteiger partial charge in [0, 0.05) is 0 Å². The van der Waals surface area contributed by atoms with Gasteiger partial charge >= 0.3 is 30.2 Å². The molecule has 0 aromatic heterocycles. The average Bonchev–Trinajstić information content (AvgIpc) is 3.34. The zero-order chi connectivity index (χ0) is 21.0. The second-order valence-electron chi connectivity index (χ2n) is 7.83. The molecule has 4 heteroatoms. The van der Waals surface area contributed by atoms with E-state index < -0.39 is 0 Å². The third-order valence-corrected chi connectivity index (χ3v) is 5.35. The second-order valence-corrected chi connectivity index (χ2v) is 7.83. The monoisotopic (exact) mass is 544 g/mol. The van der Waals surface area contributed by atoms with Crippen molar-refractivity contribution in [3.8, 4) is 0 Å². The van der Waals surface area contributed by atoms with Crippen LogP contribution < -0.4 is 0 Å². The quantitative estimate of drug-likeness (QED) is 0.211. The van der Waals surface area contributed by atoms with Crippen LogP contribution in [0.15, 0.2) is 34.4 Å². The van der Waals surface area contributed by atoms with E-state index in [2.05, 4.69) is 64.8 Å². The fourth-order valence-electron chi connectivity index (χ4n) is 3.04. The number of hydrogen-bond donors (Lipinski definition) is 0. The van der Waals surface area contributed by atoms with Gasteiger partial charge in [-0.25, -0.2) is 23.3 Å². The van der Waals surface area contributed by atoms with E-state index in [1.165, 1.54) is 86.5 Å². The van der Waals surface area contributed by atoms with Crippen LogP contribution in [0.3, 0.4) is 0 Å². The summed E-state index contributed by atoms with van der Waals surface area (Å²) in [5.41, 5.74) is 5.69. The van der Waals surface area contributed by atoms with Crippen molar-refractivity contribution in [1.82, 2.24) is 0 Å². The first-order valence-corrected chi connectivity index (χ1v) is 17.0. The van der Waals surface area contributed by atoms with E-state index in [1.54, 1.807) is 23.3 Å². The zero-order valence-electron chi connectivity index (χ0n) is 19.8. The molecule has 0 nitrogen and oxygen atoms in total. The number of halogens is 2. The molecule has 2 saturated carbocycles. The standard InChI is InChI=1S/2C7H9.2C6H11.2ClH.H2Si.Zr/c2*1-6-4-3-5-7(6)2;2*1-2-4-6-5-3-1;;;;/h2*4H,5H2,1-2H3;2*1H,2-6H2;2*1H;1H2;/q4*-1;;;;. The van der Waals surface area contributed by atoms with Crippen LogP contribution >= 0.6 is 24.8 Å². The van der Waals surface area contributed by atoms with Gasteiger partial charge in [0.2, 0.25) is 0 Å².